The molecule has 0 aliphatic carbocycles. The summed E-state index contributed by atoms with van der Waals surface area (Å²) in [4.78, 5) is 18.9. The number of aryl methyl sites for hydroxylation is 1. The molecule has 3 aromatic rings. The molecule has 1 amide bonds. The van der Waals surface area contributed by atoms with E-state index in [1.165, 1.54) is 24.3 Å². The van der Waals surface area contributed by atoms with E-state index in [0.717, 1.165) is 5.56 Å². The number of halogens is 3. The molecule has 148 valence electrons. The molecular weight excluding hydrogens is 383 g/mol. The molecule has 29 heavy (non-hydrogen) atoms. The van der Waals surface area contributed by atoms with Crippen LogP contribution in [0.5, 0.6) is 5.75 Å². The average Bonchev–Trinajstić information content (AvgIpc) is 2.95. The molecule has 1 atom stereocenters. The van der Waals surface area contributed by atoms with Gasteiger partial charge in [0.15, 0.2) is 6.17 Å². The van der Waals surface area contributed by atoms with Crippen LogP contribution in [0.3, 0.4) is 0 Å². The van der Waals surface area contributed by atoms with E-state index in [1.807, 2.05) is 31.2 Å². The van der Waals surface area contributed by atoms with Gasteiger partial charge >= 0.3 is 6.36 Å². The number of hydrogen-bond donors (Lipinski definition) is 1. The fourth-order valence-electron chi connectivity index (χ4n) is 3.20. The topological polar surface area (TPSA) is 54.5 Å². The molecule has 2 heterocycles. The highest BCUT2D eigenvalue weighted by Crippen LogP contribution is 2.37. The predicted octanol–water partition coefficient (Wildman–Crippen LogP) is 5.06. The van der Waals surface area contributed by atoms with Gasteiger partial charge in [0, 0.05) is 17.6 Å². The summed E-state index contributed by atoms with van der Waals surface area (Å²) in [5, 5.41) is 3.19. The molecule has 0 spiro atoms. The molecule has 8 heteroatoms. The van der Waals surface area contributed by atoms with Gasteiger partial charge < -0.3 is 10.1 Å². The van der Waals surface area contributed by atoms with Gasteiger partial charge in [0.1, 0.15) is 5.75 Å². The van der Waals surface area contributed by atoms with Crippen molar-refractivity contribution in [3.05, 3.63) is 83.7 Å². The second-order valence-corrected chi connectivity index (χ2v) is 6.57. The Bertz CT molecular complexity index is 1030. The lowest BCUT2D eigenvalue weighted by atomic mass is 10.2. The Labute approximate surface area is 164 Å². The van der Waals surface area contributed by atoms with Crippen LogP contribution in [0.2, 0.25) is 0 Å². The summed E-state index contributed by atoms with van der Waals surface area (Å²) in [5.74, 6) is -0.522. The molecule has 0 fully saturated rings. The van der Waals surface area contributed by atoms with Crippen molar-refractivity contribution < 1.29 is 22.7 Å². The number of nitrogens with one attached hydrogen (secondary N) is 1. The standard InChI is InChI=1S/C21H16F3N3O2/c1-13-4-8-15(9-5-13)27-19(18-17(20(27)28)3-2-12-25-18)26-14-6-10-16(11-7-14)29-21(22,23)24/h2-12,19,26H,1H3/t19-/m1/s1. The van der Waals surface area contributed by atoms with E-state index >= 15 is 0 Å². The van der Waals surface area contributed by atoms with Crippen LogP contribution >= 0.6 is 0 Å². The van der Waals surface area contributed by atoms with Crippen LogP contribution in [0.1, 0.15) is 27.8 Å². The minimum atomic E-state index is -4.75. The van der Waals surface area contributed by atoms with Gasteiger partial charge in [-0.3, -0.25) is 14.7 Å². The Kier molecular flexibility index (Phi) is 4.62. The maximum atomic E-state index is 13.0. The van der Waals surface area contributed by atoms with E-state index in [0.29, 0.717) is 22.6 Å². The maximum absolute atomic E-state index is 13.0. The van der Waals surface area contributed by atoms with Gasteiger partial charge in [-0.15, -0.1) is 13.2 Å². The minimum absolute atomic E-state index is 0.202. The first-order chi connectivity index (χ1) is 13.8. The van der Waals surface area contributed by atoms with E-state index < -0.39 is 12.5 Å². The van der Waals surface area contributed by atoms with Gasteiger partial charge in [0.25, 0.3) is 5.91 Å². The predicted molar refractivity (Wildman–Crippen MR) is 102 cm³/mol. The molecule has 0 saturated carbocycles. The van der Waals surface area contributed by atoms with Crippen molar-refractivity contribution in [1.82, 2.24) is 4.98 Å². The smallest absolute Gasteiger partial charge is 0.406 e. The van der Waals surface area contributed by atoms with Crippen LogP contribution < -0.4 is 15.0 Å². The molecule has 0 saturated heterocycles. The number of alkyl halides is 3. The van der Waals surface area contributed by atoms with Crippen molar-refractivity contribution >= 4 is 17.3 Å². The van der Waals surface area contributed by atoms with Gasteiger partial charge in [-0.05, 0) is 55.5 Å². The zero-order chi connectivity index (χ0) is 20.6. The summed E-state index contributed by atoms with van der Waals surface area (Å²) < 4.78 is 41.0. The summed E-state index contributed by atoms with van der Waals surface area (Å²) in [6, 6.07) is 16.2. The molecule has 4 rings (SSSR count). The maximum Gasteiger partial charge on any atom is 0.573 e. The number of anilines is 2. The van der Waals surface area contributed by atoms with Gasteiger partial charge in [0.05, 0.1) is 11.3 Å². The Morgan fingerprint density at radius 3 is 2.38 bits per heavy atom. The second kappa shape index (κ2) is 7.12. The number of hydrogen-bond acceptors (Lipinski definition) is 4. The summed E-state index contributed by atoms with van der Waals surface area (Å²) in [7, 11) is 0. The van der Waals surface area contributed by atoms with Crippen LogP contribution in [0, 0.1) is 6.92 Å². The highest BCUT2D eigenvalue weighted by Gasteiger charge is 2.39. The number of carbonyl (C=O) groups is 1. The Morgan fingerprint density at radius 2 is 1.72 bits per heavy atom. The fourth-order valence-corrected chi connectivity index (χ4v) is 3.20. The van der Waals surface area contributed by atoms with Crippen molar-refractivity contribution in [2.24, 2.45) is 0 Å². The number of fused-ring (bicyclic) bond motifs is 1. The lowest BCUT2D eigenvalue weighted by Gasteiger charge is -2.26. The molecule has 2 aromatic carbocycles. The normalized spacial score (nSPS) is 15.9. The third kappa shape index (κ3) is 3.87. The largest absolute Gasteiger partial charge is 0.573 e. The van der Waals surface area contributed by atoms with Gasteiger partial charge in [-0.25, -0.2) is 0 Å². The van der Waals surface area contributed by atoms with Crippen molar-refractivity contribution in [3.63, 3.8) is 0 Å². The first-order valence-corrected chi connectivity index (χ1v) is 8.79. The molecule has 0 unspecified atom stereocenters. The third-order valence-corrected chi connectivity index (χ3v) is 4.51. The third-order valence-electron chi connectivity index (χ3n) is 4.51. The number of nitrogens with zero attached hydrogens (tertiary/aromatic N) is 2. The highest BCUT2D eigenvalue weighted by molar-refractivity contribution is 6.11. The molecule has 1 aliphatic heterocycles. The SMILES string of the molecule is Cc1ccc(N2C(=O)c3cccnc3[C@@H]2Nc2ccc(OC(F)(F)F)cc2)cc1. The van der Waals surface area contributed by atoms with Crippen molar-refractivity contribution in [2.75, 3.05) is 10.2 Å². The van der Waals surface area contributed by atoms with Crippen LogP contribution in [-0.2, 0) is 0 Å². The minimum Gasteiger partial charge on any atom is -0.406 e. The monoisotopic (exact) mass is 399 g/mol. The molecule has 0 radical (unpaired) electrons. The van der Waals surface area contributed by atoms with E-state index in [9.17, 15) is 18.0 Å². The number of rotatable bonds is 4. The first kappa shape index (κ1) is 18.8. The fraction of sp³-hybridized carbons (Fsp3) is 0.143. The molecule has 5 nitrogen and oxygen atoms in total. The van der Waals surface area contributed by atoms with Crippen molar-refractivity contribution in [3.8, 4) is 5.75 Å². The van der Waals surface area contributed by atoms with Crippen LogP contribution in [0.25, 0.3) is 0 Å². The quantitative estimate of drug-likeness (QED) is 0.666. The summed E-state index contributed by atoms with van der Waals surface area (Å²) in [6.07, 6.45) is -3.76. The zero-order valence-electron chi connectivity index (χ0n) is 15.3. The van der Waals surface area contributed by atoms with Gasteiger partial charge in [-0.1, -0.05) is 17.7 Å². The van der Waals surface area contributed by atoms with Crippen molar-refractivity contribution in [1.29, 1.82) is 0 Å². The number of aromatic nitrogens is 1. The second-order valence-electron chi connectivity index (χ2n) is 6.57. The Morgan fingerprint density at radius 1 is 1.03 bits per heavy atom. The van der Waals surface area contributed by atoms with Crippen molar-refractivity contribution in [2.45, 2.75) is 19.5 Å². The number of pyridine rings is 1. The van der Waals surface area contributed by atoms with Gasteiger partial charge in [0.2, 0.25) is 0 Å². The Hall–Kier alpha value is -3.55. The van der Waals surface area contributed by atoms with E-state index in [2.05, 4.69) is 15.0 Å². The average molecular weight is 399 g/mol. The zero-order valence-corrected chi connectivity index (χ0v) is 15.3. The molecular formula is C21H16F3N3O2. The summed E-state index contributed by atoms with van der Waals surface area (Å²) in [6.45, 7) is 1.95. The van der Waals surface area contributed by atoms with E-state index in [-0.39, 0.29) is 11.7 Å². The molecule has 1 aliphatic rings. The number of carbonyl (C=O) groups excluding carboxylic acids is 1. The van der Waals surface area contributed by atoms with E-state index in [4.69, 9.17) is 0 Å². The van der Waals surface area contributed by atoms with E-state index in [1.54, 1.807) is 23.2 Å². The lowest BCUT2D eigenvalue weighted by Crippen LogP contribution is -2.32. The van der Waals surface area contributed by atoms with Gasteiger partial charge in [-0.2, -0.15) is 0 Å². The molecule has 0 bridgehead atoms. The molecule has 1 aromatic heterocycles. The highest BCUT2D eigenvalue weighted by atomic mass is 19.4. The van der Waals surface area contributed by atoms with Crippen LogP contribution in [0.4, 0.5) is 24.5 Å². The van der Waals surface area contributed by atoms with Crippen LogP contribution in [-0.4, -0.2) is 17.3 Å². The first-order valence-electron chi connectivity index (χ1n) is 8.79. The lowest BCUT2D eigenvalue weighted by molar-refractivity contribution is -0.274. The summed E-state index contributed by atoms with van der Waals surface area (Å²) >= 11 is 0. The molecule has 1 N–H and O–H groups in total. The van der Waals surface area contributed by atoms with Crippen LogP contribution in [0.15, 0.2) is 66.9 Å². The Balaban J connectivity index is 1.65. The number of ether oxygens (including phenoxy) is 1. The number of amides is 1. The number of benzene rings is 2. The summed E-state index contributed by atoms with van der Waals surface area (Å²) in [5.41, 5.74) is 3.29.